The van der Waals surface area contributed by atoms with Gasteiger partial charge in [0.05, 0.1) is 6.04 Å². The van der Waals surface area contributed by atoms with Gasteiger partial charge in [0.25, 0.3) is 0 Å². The molecule has 0 aromatic heterocycles. The molecule has 2 rings (SSSR count). The molecule has 0 saturated carbocycles. The molecule has 2 heterocycles. The molecule has 0 aliphatic carbocycles. The van der Waals surface area contributed by atoms with E-state index in [-0.39, 0.29) is 12.1 Å². The number of nitrogens with zero attached hydrogens (tertiary/aromatic N) is 1. The molecule has 2 amide bonds. The van der Waals surface area contributed by atoms with E-state index >= 15 is 0 Å². The third-order valence-corrected chi connectivity index (χ3v) is 3.74. The van der Waals surface area contributed by atoms with Gasteiger partial charge in [0, 0.05) is 0 Å². The van der Waals surface area contributed by atoms with Gasteiger partial charge < -0.3 is 11.1 Å². The second-order valence-corrected chi connectivity index (χ2v) is 4.59. The Labute approximate surface area is 81.4 Å². The second-order valence-electron chi connectivity index (χ2n) is 3.44. The van der Waals surface area contributed by atoms with Crippen molar-refractivity contribution in [2.24, 2.45) is 16.6 Å². The minimum absolute atomic E-state index is 0.000278. The number of amidine groups is 1. The summed E-state index contributed by atoms with van der Waals surface area (Å²) in [6.45, 7) is 0. The van der Waals surface area contributed by atoms with Gasteiger partial charge in [-0.1, -0.05) is 0 Å². The molecule has 2 aliphatic rings. The van der Waals surface area contributed by atoms with E-state index in [1.807, 2.05) is 11.8 Å². The summed E-state index contributed by atoms with van der Waals surface area (Å²) in [6, 6.07) is -0.279. The van der Waals surface area contributed by atoms with Gasteiger partial charge in [-0.15, -0.1) is 0 Å². The summed E-state index contributed by atoms with van der Waals surface area (Å²) in [7, 11) is 0. The monoisotopic (exact) mass is 199 g/mol. The Balaban J connectivity index is 2.00. The lowest BCUT2D eigenvalue weighted by atomic mass is 9.96. The van der Waals surface area contributed by atoms with E-state index in [2.05, 4.69) is 10.3 Å². The van der Waals surface area contributed by atoms with Gasteiger partial charge in [-0.05, 0) is 30.3 Å². The van der Waals surface area contributed by atoms with Crippen molar-refractivity contribution >= 4 is 23.6 Å². The number of aliphatic imine (C=N–C) groups is 1. The van der Waals surface area contributed by atoms with Crippen LogP contribution in [0.25, 0.3) is 0 Å². The summed E-state index contributed by atoms with van der Waals surface area (Å²) in [4.78, 5) is 14.6. The van der Waals surface area contributed by atoms with E-state index in [4.69, 9.17) is 5.73 Å². The molecule has 3 N–H and O–H groups in total. The van der Waals surface area contributed by atoms with Crippen LogP contribution in [0.1, 0.15) is 12.8 Å². The summed E-state index contributed by atoms with van der Waals surface area (Å²) in [5, 5.41) is 2.79. The molecule has 2 aliphatic heterocycles. The highest BCUT2D eigenvalue weighted by Crippen LogP contribution is 2.26. The molecule has 2 unspecified atom stereocenters. The minimum Gasteiger partial charge on any atom is -0.385 e. The van der Waals surface area contributed by atoms with Gasteiger partial charge in [0.1, 0.15) is 5.84 Å². The third kappa shape index (κ3) is 1.80. The molecular formula is C8H13N3OS. The lowest BCUT2D eigenvalue weighted by molar-refractivity contribution is 0.248. The number of thioether (sulfide) groups is 1. The molecular weight excluding hydrogens is 186 g/mol. The van der Waals surface area contributed by atoms with Crippen LogP contribution in [-0.2, 0) is 0 Å². The van der Waals surface area contributed by atoms with E-state index in [1.165, 1.54) is 12.2 Å². The maximum Gasteiger partial charge on any atom is 0.343 e. The predicted molar refractivity (Wildman–Crippen MR) is 54.0 cm³/mol. The average molecular weight is 199 g/mol. The molecule has 4 nitrogen and oxygen atoms in total. The zero-order valence-corrected chi connectivity index (χ0v) is 8.14. The number of urea groups is 1. The Kier molecular flexibility index (Phi) is 2.44. The van der Waals surface area contributed by atoms with E-state index in [0.29, 0.717) is 11.8 Å². The zero-order chi connectivity index (χ0) is 9.26. The van der Waals surface area contributed by atoms with Crippen molar-refractivity contribution in [3.8, 4) is 0 Å². The fraction of sp³-hybridized carbons (Fsp3) is 0.750. The molecule has 72 valence electrons. The van der Waals surface area contributed by atoms with E-state index in [9.17, 15) is 4.79 Å². The van der Waals surface area contributed by atoms with Crippen LogP contribution in [-0.4, -0.2) is 29.4 Å². The van der Waals surface area contributed by atoms with Crippen LogP contribution < -0.4 is 11.1 Å². The van der Waals surface area contributed by atoms with Crippen molar-refractivity contribution in [2.45, 2.75) is 18.9 Å². The van der Waals surface area contributed by atoms with Crippen LogP contribution in [0.5, 0.6) is 0 Å². The lowest BCUT2D eigenvalue weighted by Gasteiger charge is -2.26. The molecule has 0 aromatic carbocycles. The van der Waals surface area contributed by atoms with Gasteiger partial charge in [-0.3, -0.25) is 0 Å². The van der Waals surface area contributed by atoms with Crippen molar-refractivity contribution in [2.75, 3.05) is 11.5 Å². The summed E-state index contributed by atoms with van der Waals surface area (Å²) >= 11 is 1.93. The van der Waals surface area contributed by atoms with Crippen LogP contribution in [0.4, 0.5) is 4.79 Å². The molecule has 0 spiro atoms. The number of carbonyl (C=O) groups is 1. The van der Waals surface area contributed by atoms with Crippen LogP contribution in [0.2, 0.25) is 0 Å². The minimum atomic E-state index is -0.280. The standard InChI is InChI=1S/C8H13N3OS/c9-7-6(10-8(12)11-7)5-2-1-3-13-4-5/h5-6H,1-4H2,(H3,9,10,11,12). The van der Waals surface area contributed by atoms with E-state index in [1.54, 1.807) is 0 Å². The van der Waals surface area contributed by atoms with Crippen LogP contribution in [0.15, 0.2) is 4.99 Å². The number of amides is 2. The van der Waals surface area contributed by atoms with Gasteiger partial charge in [0.2, 0.25) is 0 Å². The second kappa shape index (κ2) is 3.57. The first kappa shape index (κ1) is 8.87. The number of nitrogens with one attached hydrogen (secondary N) is 1. The van der Waals surface area contributed by atoms with Gasteiger partial charge in [-0.2, -0.15) is 16.8 Å². The maximum atomic E-state index is 10.9. The predicted octanol–water partition coefficient (Wildman–Crippen LogP) is 0.579. The molecule has 0 aromatic rings. The number of hydrogen-bond acceptors (Lipinski definition) is 3. The smallest absolute Gasteiger partial charge is 0.343 e. The highest BCUT2D eigenvalue weighted by molar-refractivity contribution is 7.99. The lowest BCUT2D eigenvalue weighted by Crippen LogP contribution is -2.44. The van der Waals surface area contributed by atoms with Gasteiger partial charge >= 0.3 is 6.03 Å². The quantitative estimate of drug-likeness (QED) is 0.649. The van der Waals surface area contributed by atoms with Crippen molar-refractivity contribution in [1.29, 1.82) is 0 Å². The van der Waals surface area contributed by atoms with Crippen LogP contribution in [0, 0.1) is 5.92 Å². The molecule has 1 saturated heterocycles. The molecule has 5 heteroatoms. The highest BCUT2D eigenvalue weighted by Gasteiger charge is 2.32. The Bertz CT molecular complexity index is 248. The van der Waals surface area contributed by atoms with Crippen molar-refractivity contribution in [1.82, 2.24) is 5.32 Å². The first-order valence-electron chi connectivity index (χ1n) is 4.49. The van der Waals surface area contributed by atoms with Crippen molar-refractivity contribution in [3.05, 3.63) is 0 Å². The number of rotatable bonds is 1. The normalized spacial score (nSPS) is 34.2. The van der Waals surface area contributed by atoms with Gasteiger partial charge in [-0.25, -0.2) is 4.79 Å². The maximum absolute atomic E-state index is 10.9. The molecule has 0 radical (unpaired) electrons. The third-order valence-electron chi connectivity index (χ3n) is 2.50. The summed E-state index contributed by atoms with van der Waals surface area (Å²) in [5.74, 6) is 3.27. The van der Waals surface area contributed by atoms with E-state index in [0.717, 1.165) is 12.2 Å². The SMILES string of the molecule is NC1=NC(=O)NC1C1CCCSC1. The Hall–Kier alpha value is -0.710. The van der Waals surface area contributed by atoms with Crippen molar-refractivity contribution < 1.29 is 4.79 Å². The summed E-state index contributed by atoms with van der Waals surface area (Å²) in [5.41, 5.74) is 5.66. The van der Waals surface area contributed by atoms with Crippen molar-refractivity contribution in [3.63, 3.8) is 0 Å². The number of hydrogen-bond donors (Lipinski definition) is 2. The molecule has 2 atom stereocenters. The fourth-order valence-corrected chi connectivity index (χ4v) is 3.01. The van der Waals surface area contributed by atoms with Gasteiger partial charge in [0.15, 0.2) is 0 Å². The molecule has 0 bridgehead atoms. The number of nitrogens with two attached hydrogens (primary N) is 1. The first-order valence-corrected chi connectivity index (χ1v) is 5.65. The van der Waals surface area contributed by atoms with E-state index < -0.39 is 0 Å². The van der Waals surface area contributed by atoms with Crippen LogP contribution >= 0.6 is 11.8 Å². The Morgan fingerprint density at radius 2 is 2.46 bits per heavy atom. The fourth-order valence-electron chi connectivity index (χ4n) is 1.81. The average Bonchev–Trinajstić information content (AvgIpc) is 2.47. The zero-order valence-electron chi connectivity index (χ0n) is 7.32. The number of carbonyl (C=O) groups excluding carboxylic acids is 1. The largest absolute Gasteiger partial charge is 0.385 e. The topological polar surface area (TPSA) is 67.5 Å². The highest BCUT2D eigenvalue weighted by atomic mass is 32.2. The summed E-state index contributed by atoms with van der Waals surface area (Å²) in [6.07, 6.45) is 2.36. The molecule has 13 heavy (non-hydrogen) atoms. The first-order chi connectivity index (χ1) is 6.27. The van der Waals surface area contributed by atoms with Crippen LogP contribution in [0.3, 0.4) is 0 Å². The molecule has 1 fully saturated rings. The Morgan fingerprint density at radius 3 is 3.00 bits per heavy atom. The summed E-state index contributed by atoms with van der Waals surface area (Å²) < 4.78 is 0. The Morgan fingerprint density at radius 1 is 1.62 bits per heavy atom.